The number of hydrogen-bond acceptors (Lipinski definition) is 4. The second kappa shape index (κ2) is 8.39. The summed E-state index contributed by atoms with van der Waals surface area (Å²) in [6.45, 7) is 5.26. The topological polar surface area (TPSA) is 55.4 Å². The van der Waals surface area contributed by atoms with Gasteiger partial charge < -0.3 is 10.1 Å². The summed E-state index contributed by atoms with van der Waals surface area (Å²) in [7, 11) is 1.31. The lowest BCUT2D eigenvalue weighted by Gasteiger charge is -2.15. The van der Waals surface area contributed by atoms with E-state index in [9.17, 15) is 14.0 Å². The minimum absolute atomic E-state index is 0.0466. The summed E-state index contributed by atoms with van der Waals surface area (Å²) in [5.74, 6) is -1.56. The molecule has 4 nitrogen and oxygen atoms in total. The Morgan fingerprint density at radius 2 is 2.05 bits per heavy atom. The molecule has 0 spiro atoms. The van der Waals surface area contributed by atoms with Gasteiger partial charge in [0.15, 0.2) is 0 Å². The van der Waals surface area contributed by atoms with Crippen molar-refractivity contribution in [2.24, 2.45) is 5.92 Å². The van der Waals surface area contributed by atoms with Gasteiger partial charge in [0.05, 0.1) is 17.8 Å². The van der Waals surface area contributed by atoms with Gasteiger partial charge in [0.2, 0.25) is 5.91 Å². The Morgan fingerprint density at radius 3 is 2.55 bits per heavy atom. The molecule has 0 heterocycles. The van der Waals surface area contributed by atoms with Crippen LogP contribution >= 0.6 is 23.4 Å². The molecule has 1 atom stereocenters. The lowest BCUT2D eigenvalue weighted by Crippen LogP contribution is -2.19. The van der Waals surface area contributed by atoms with Gasteiger partial charge in [0, 0.05) is 10.8 Å². The lowest BCUT2D eigenvalue weighted by molar-refractivity contribution is -0.140. The van der Waals surface area contributed by atoms with Crippen LogP contribution in [0.4, 0.5) is 10.1 Å². The second-order valence-corrected chi connectivity index (χ2v) is 6.60. The van der Waals surface area contributed by atoms with Crippen molar-refractivity contribution in [3.05, 3.63) is 23.0 Å². The smallest absolute Gasteiger partial charge is 0.319 e. The number of thioether (sulfide) groups is 1. The molecule has 0 aliphatic rings. The quantitative estimate of drug-likeness (QED) is 0.621. The van der Waals surface area contributed by atoms with E-state index in [1.165, 1.54) is 24.9 Å². The zero-order chi connectivity index (χ0) is 16.9. The van der Waals surface area contributed by atoms with Crippen LogP contribution in [0.1, 0.15) is 27.2 Å². The van der Waals surface area contributed by atoms with E-state index >= 15 is 0 Å². The first-order valence-electron chi connectivity index (χ1n) is 6.84. The van der Waals surface area contributed by atoms with E-state index in [1.54, 1.807) is 13.8 Å². The third-order valence-corrected chi connectivity index (χ3v) is 4.73. The van der Waals surface area contributed by atoms with Gasteiger partial charge >= 0.3 is 5.97 Å². The van der Waals surface area contributed by atoms with E-state index in [1.807, 2.05) is 6.92 Å². The number of rotatable bonds is 6. The summed E-state index contributed by atoms with van der Waals surface area (Å²) in [5.41, 5.74) is 0.0466. The van der Waals surface area contributed by atoms with Crippen molar-refractivity contribution >= 4 is 40.9 Å². The number of carbonyl (C=O) groups excluding carboxylic acids is 2. The van der Waals surface area contributed by atoms with Crippen molar-refractivity contribution in [1.82, 2.24) is 0 Å². The zero-order valence-corrected chi connectivity index (χ0v) is 14.5. The molecular formula is C15H19ClFNO3S. The van der Waals surface area contributed by atoms with Crippen LogP contribution in [0.2, 0.25) is 5.02 Å². The number of halogens is 2. The zero-order valence-electron chi connectivity index (χ0n) is 12.9. The highest BCUT2D eigenvalue weighted by molar-refractivity contribution is 8.00. The predicted molar refractivity (Wildman–Crippen MR) is 86.8 cm³/mol. The number of ether oxygens (including phenoxy) is 1. The van der Waals surface area contributed by atoms with E-state index in [0.717, 1.165) is 6.07 Å². The van der Waals surface area contributed by atoms with Crippen molar-refractivity contribution < 1.29 is 18.7 Å². The standard InChI is InChI=1S/C15H19ClFNO3S/c1-5-12(15(20)21-4)22-13-7-11(10(17)6-9(13)16)18-14(19)8(2)3/h6-8,12H,5H2,1-4H3,(H,18,19). The number of amides is 1. The summed E-state index contributed by atoms with van der Waals surface area (Å²) >= 11 is 7.21. The van der Waals surface area contributed by atoms with Crippen LogP contribution in [-0.4, -0.2) is 24.2 Å². The van der Waals surface area contributed by atoms with Crippen LogP contribution < -0.4 is 5.32 Å². The fourth-order valence-electron chi connectivity index (χ4n) is 1.58. The third kappa shape index (κ3) is 4.88. The molecule has 0 aliphatic heterocycles. The average Bonchev–Trinajstić information content (AvgIpc) is 2.47. The van der Waals surface area contributed by atoms with E-state index in [-0.39, 0.29) is 28.5 Å². The van der Waals surface area contributed by atoms with Gasteiger partial charge in [0.1, 0.15) is 11.1 Å². The Hall–Kier alpha value is -1.27. The van der Waals surface area contributed by atoms with Crippen LogP contribution in [0.25, 0.3) is 0 Å². The maximum Gasteiger partial charge on any atom is 0.319 e. The minimum atomic E-state index is -0.616. The monoisotopic (exact) mass is 347 g/mol. The fraction of sp³-hybridized carbons (Fsp3) is 0.467. The molecule has 0 fully saturated rings. The number of carbonyl (C=O) groups is 2. The number of benzene rings is 1. The minimum Gasteiger partial charge on any atom is -0.468 e. The van der Waals surface area contributed by atoms with Gasteiger partial charge in [-0.1, -0.05) is 32.4 Å². The van der Waals surface area contributed by atoms with Crippen LogP contribution in [0.15, 0.2) is 17.0 Å². The molecule has 1 amide bonds. The van der Waals surface area contributed by atoms with Gasteiger partial charge in [-0.15, -0.1) is 11.8 Å². The van der Waals surface area contributed by atoms with Crippen LogP contribution in [0.5, 0.6) is 0 Å². The molecule has 1 aromatic carbocycles. The molecule has 122 valence electrons. The Balaban J connectivity index is 3.05. The Kier molecular flexibility index (Phi) is 7.16. The SMILES string of the molecule is CCC(Sc1cc(NC(=O)C(C)C)c(F)cc1Cl)C(=O)OC. The number of hydrogen-bond donors (Lipinski definition) is 1. The first-order chi connectivity index (χ1) is 10.3. The maximum absolute atomic E-state index is 13.9. The molecule has 0 saturated carbocycles. The molecule has 1 rings (SSSR count). The molecule has 0 radical (unpaired) electrons. The summed E-state index contributed by atoms with van der Waals surface area (Å²) in [5, 5.41) is 2.25. The largest absolute Gasteiger partial charge is 0.468 e. The molecule has 7 heteroatoms. The maximum atomic E-state index is 13.9. The second-order valence-electron chi connectivity index (χ2n) is 4.94. The molecule has 1 aromatic rings. The molecular weight excluding hydrogens is 329 g/mol. The van der Waals surface area contributed by atoms with Crippen LogP contribution in [-0.2, 0) is 14.3 Å². The van der Waals surface area contributed by atoms with E-state index in [4.69, 9.17) is 16.3 Å². The highest BCUT2D eigenvalue weighted by Crippen LogP contribution is 2.35. The van der Waals surface area contributed by atoms with Crippen LogP contribution in [0.3, 0.4) is 0 Å². The first kappa shape index (κ1) is 18.8. The number of esters is 1. The van der Waals surface area contributed by atoms with E-state index in [2.05, 4.69) is 5.32 Å². The molecule has 1 unspecified atom stereocenters. The molecule has 0 bridgehead atoms. The third-order valence-electron chi connectivity index (χ3n) is 2.91. The van der Waals surface area contributed by atoms with Gasteiger partial charge in [-0.3, -0.25) is 9.59 Å². The van der Waals surface area contributed by atoms with Gasteiger partial charge in [-0.25, -0.2) is 4.39 Å². The molecule has 22 heavy (non-hydrogen) atoms. The van der Waals surface area contributed by atoms with E-state index in [0.29, 0.717) is 11.3 Å². The van der Waals surface area contributed by atoms with Gasteiger partial charge in [-0.2, -0.15) is 0 Å². The Morgan fingerprint density at radius 1 is 1.41 bits per heavy atom. The van der Waals surface area contributed by atoms with Crippen molar-refractivity contribution in [2.75, 3.05) is 12.4 Å². The van der Waals surface area contributed by atoms with Gasteiger partial charge in [0.25, 0.3) is 0 Å². The number of anilines is 1. The van der Waals surface area contributed by atoms with Gasteiger partial charge in [-0.05, 0) is 18.6 Å². The number of nitrogens with one attached hydrogen (secondary N) is 1. The van der Waals surface area contributed by atoms with Crippen molar-refractivity contribution in [1.29, 1.82) is 0 Å². The first-order valence-corrected chi connectivity index (χ1v) is 8.10. The van der Waals surface area contributed by atoms with Crippen molar-refractivity contribution in [3.63, 3.8) is 0 Å². The summed E-state index contributed by atoms with van der Waals surface area (Å²) in [6, 6.07) is 2.57. The van der Waals surface area contributed by atoms with E-state index < -0.39 is 11.1 Å². The highest BCUT2D eigenvalue weighted by atomic mass is 35.5. The summed E-state index contributed by atoms with van der Waals surface area (Å²) in [4.78, 5) is 23.9. The Labute approximate surface area is 138 Å². The fourth-order valence-corrected chi connectivity index (χ4v) is 2.88. The average molecular weight is 348 g/mol. The Bertz CT molecular complexity index is 566. The lowest BCUT2D eigenvalue weighted by atomic mass is 10.2. The van der Waals surface area contributed by atoms with Crippen molar-refractivity contribution in [2.45, 2.75) is 37.3 Å². The highest BCUT2D eigenvalue weighted by Gasteiger charge is 2.21. The summed E-state index contributed by atoms with van der Waals surface area (Å²) in [6.07, 6.45) is 0.540. The summed E-state index contributed by atoms with van der Waals surface area (Å²) < 4.78 is 18.6. The van der Waals surface area contributed by atoms with Crippen molar-refractivity contribution in [3.8, 4) is 0 Å². The molecule has 0 aromatic heterocycles. The van der Waals surface area contributed by atoms with Crippen LogP contribution in [0, 0.1) is 11.7 Å². The molecule has 0 saturated heterocycles. The molecule has 0 aliphatic carbocycles. The number of methoxy groups -OCH3 is 1. The normalized spacial score (nSPS) is 12.1. The predicted octanol–water partition coefficient (Wildman–Crippen LogP) is 4.12. The molecule has 1 N–H and O–H groups in total.